The maximum absolute atomic E-state index is 13.0. The summed E-state index contributed by atoms with van der Waals surface area (Å²) in [6.07, 6.45) is 3.61. The van der Waals surface area contributed by atoms with E-state index in [2.05, 4.69) is 5.32 Å². The van der Waals surface area contributed by atoms with Crippen molar-refractivity contribution in [3.05, 3.63) is 0 Å². The summed E-state index contributed by atoms with van der Waals surface area (Å²) < 4.78 is 25.9. The molecule has 0 unspecified atom stereocenters. The van der Waals surface area contributed by atoms with Crippen LogP contribution in [0.1, 0.15) is 32.1 Å². The highest BCUT2D eigenvalue weighted by molar-refractivity contribution is 5.11. The van der Waals surface area contributed by atoms with Crippen LogP contribution < -0.4 is 5.32 Å². The topological polar surface area (TPSA) is 12.0 Å². The van der Waals surface area contributed by atoms with Gasteiger partial charge in [0, 0.05) is 11.8 Å². The summed E-state index contributed by atoms with van der Waals surface area (Å²) in [7, 11) is 1.93. The van der Waals surface area contributed by atoms with E-state index >= 15 is 0 Å². The van der Waals surface area contributed by atoms with E-state index in [1.54, 1.807) is 0 Å². The quantitative estimate of drug-likeness (QED) is 0.703. The van der Waals surface area contributed by atoms with Crippen molar-refractivity contribution in [2.24, 2.45) is 11.3 Å². The third-order valence-electron chi connectivity index (χ3n) is 3.77. The lowest BCUT2D eigenvalue weighted by atomic mass is 9.79. The largest absolute Gasteiger partial charge is 0.319 e. The Morgan fingerprint density at radius 2 is 1.85 bits per heavy atom. The van der Waals surface area contributed by atoms with Crippen molar-refractivity contribution < 1.29 is 8.78 Å². The van der Waals surface area contributed by atoms with Crippen molar-refractivity contribution in [3.8, 4) is 0 Å². The third-order valence-corrected chi connectivity index (χ3v) is 3.77. The van der Waals surface area contributed by atoms with Gasteiger partial charge in [-0.3, -0.25) is 0 Å². The van der Waals surface area contributed by atoms with E-state index in [-0.39, 0.29) is 6.42 Å². The first-order valence-electron chi connectivity index (χ1n) is 5.12. The predicted octanol–water partition coefficient (Wildman–Crippen LogP) is 2.42. The fourth-order valence-corrected chi connectivity index (χ4v) is 2.65. The van der Waals surface area contributed by atoms with Gasteiger partial charge in [-0.2, -0.15) is 0 Å². The molecule has 2 aliphatic rings. The Kier molecular flexibility index (Phi) is 2.10. The number of alkyl halides is 2. The Labute approximate surface area is 77.9 Å². The molecule has 1 spiro atoms. The molecule has 0 aliphatic heterocycles. The maximum atomic E-state index is 13.0. The Morgan fingerprint density at radius 3 is 2.23 bits per heavy atom. The number of hydrogen-bond donors (Lipinski definition) is 1. The fraction of sp³-hybridized carbons (Fsp3) is 1.00. The van der Waals surface area contributed by atoms with Crippen LogP contribution in [0.5, 0.6) is 0 Å². The minimum absolute atomic E-state index is 0.159. The summed E-state index contributed by atoms with van der Waals surface area (Å²) in [5.41, 5.74) is -0.558. The highest BCUT2D eigenvalue weighted by Crippen LogP contribution is 2.67. The third kappa shape index (κ3) is 1.47. The Hall–Kier alpha value is -0.180. The maximum Gasteiger partial charge on any atom is 0.254 e. The molecule has 2 saturated carbocycles. The number of nitrogens with one attached hydrogen (secondary N) is 1. The van der Waals surface area contributed by atoms with Crippen molar-refractivity contribution in [2.75, 3.05) is 13.6 Å². The van der Waals surface area contributed by atoms with Gasteiger partial charge in [-0.15, -0.1) is 0 Å². The molecular weight excluding hydrogens is 172 g/mol. The van der Waals surface area contributed by atoms with E-state index in [0.717, 1.165) is 32.2 Å². The van der Waals surface area contributed by atoms with E-state index in [9.17, 15) is 8.78 Å². The van der Waals surface area contributed by atoms with Crippen LogP contribution in [0, 0.1) is 11.3 Å². The highest BCUT2D eigenvalue weighted by atomic mass is 19.3. The molecule has 2 rings (SSSR count). The van der Waals surface area contributed by atoms with Gasteiger partial charge < -0.3 is 5.32 Å². The summed E-state index contributed by atoms with van der Waals surface area (Å²) in [6, 6.07) is 0. The molecule has 13 heavy (non-hydrogen) atoms. The first kappa shape index (κ1) is 9.38. The van der Waals surface area contributed by atoms with Crippen LogP contribution >= 0.6 is 0 Å². The van der Waals surface area contributed by atoms with Gasteiger partial charge in [-0.1, -0.05) is 0 Å². The number of rotatable bonds is 2. The molecule has 76 valence electrons. The molecule has 1 nitrogen and oxygen atoms in total. The lowest BCUT2D eigenvalue weighted by Crippen LogP contribution is -2.26. The van der Waals surface area contributed by atoms with Crippen molar-refractivity contribution in [1.29, 1.82) is 0 Å². The van der Waals surface area contributed by atoms with Gasteiger partial charge >= 0.3 is 0 Å². The first-order valence-corrected chi connectivity index (χ1v) is 5.12. The van der Waals surface area contributed by atoms with Crippen molar-refractivity contribution in [3.63, 3.8) is 0 Å². The monoisotopic (exact) mass is 189 g/mol. The van der Waals surface area contributed by atoms with Crippen LogP contribution in [0.2, 0.25) is 0 Å². The zero-order valence-corrected chi connectivity index (χ0v) is 8.08. The average molecular weight is 189 g/mol. The van der Waals surface area contributed by atoms with Gasteiger partial charge in [0.1, 0.15) is 0 Å². The summed E-state index contributed by atoms with van der Waals surface area (Å²) in [5, 5.41) is 3.12. The van der Waals surface area contributed by atoms with E-state index in [0.29, 0.717) is 5.92 Å². The second-order valence-electron chi connectivity index (χ2n) is 4.66. The van der Waals surface area contributed by atoms with Gasteiger partial charge in [0.25, 0.3) is 5.92 Å². The molecule has 3 heteroatoms. The van der Waals surface area contributed by atoms with Crippen LogP contribution in [0.3, 0.4) is 0 Å². The van der Waals surface area contributed by atoms with Crippen LogP contribution in [-0.2, 0) is 0 Å². The molecule has 0 radical (unpaired) electrons. The molecule has 0 aromatic heterocycles. The lowest BCUT2D eigenvalue weighted by molar-refractivity contribution is 0.0408. The molecule has 0 saturated heterocycles. The SMILES string of the molecule is CNCC1CCC2(CC1)CC2(F)F. The van der Waals surface area contributed by atoms with Crippen molar-refractivity contribution in [2.45, 2.75) is 38.0 Å². The summed E-state index contributed by atoms with van der Waals surface area (Å²) >= 11 is 0. The second-order valence-corrected chi connectivity index (χ2v) is 4.66. The lowest BCUT2D eigenvalue weighted by Gasteiger charge is -2.28. The van der Waals surface area contributed by atoms with Gasteiger partial charge in [-0.25, -0.2) is 8.78 Å². The Balaban J connectivity index is 1.84. The Bertz CT molecular complexity index is 195. The van der Waals surface area contributed by atoms with Crippen LogP contribution in [0.4, 0.5) is 8.78 Å². The van der Waals surface area contributed by atoms with E-state index < -0.39 is 11.3 Å². The number of hydrogen-bond acceptors (Lipinski definition) is 1. The van der Waals surface area contributed by atoms with Gasteiger partial charge in [0.05, 0.1) is 0 Å². The van der Waals surface area contributed by atoms with Crippen molar-refractivity contribution >= 4 is 0 Å². The van der Waals surface area contributed by atoms with Crippen LogP contribution in [0.15, 0.2) is 0 Å². The molecule has 0 aromatic carbocycles. The van der Waals surface area contributed by atoms with E-state index in [1.165, 1.54) is 0 Å². The molecule has 1 N–H and O–H groups in total. The van der Waals surface area contributed by atoms with Crippen LogP contribution in [-0.4, -0.2) is 19.5 Å². The smallest absolute Gasteiger partial charge is 0.254 e. The summed E-state index contributed by atoms with van der Waals surface area (Å²) in [4.78, 5) is 0. The zero-order valence-electron chi connectivity index (χ0n) is 8.08. The van der Waals surface area contributed by atoms with Gasteiger partial charge in [0.2, 0.25) is 0 Å². The minimum Gasteiger partial charge on any atom is -0.319 e. The molecule has 2 fully saturated rings. The van der Waals surface area contributed by atoms with Crippen LogP contribution in [0.25, 0.3) is 0 Å². The molecule has 0 aromatic rings. The van der Waals surface area contributed by atoms with Gasteiger partial charge in [-0.05, 0) is 45.2 Å². The Morgan fingerprint density at radius 1 is 1.31 bits per heavy atom. The second kappa shape index (κ2) is 2.91. The average Bonchev–Trinajstić information content (AvgIpc) is 2.59. The first-order chi connectivity index (χ1) is 6.10. The van der Waals surface area contributed by atoms with E-state index in [4.69, 9.17) is 0 Å². The summed E-state index contributed by atoms with van der Waals surface area (Å²) in [5.74, 6) is -1.69. The molecule has 0 bridgehead atoms. The highest BCUT2D eigenvalue weighted by Gasteiger charge is 2.70. The minimum atomic E-state index is -2.32. The molecule has 0 amide bonds. The van der Waals surface area contributed by atoms with E-state index in [1.807, 2.05) is 7.05 Å². The normalized spacial score (nSPS) is 42.2. The zero-order chi connectivity index (χ0) is 9.53. The fourth-order valence-electron chi connectivity index (χ4n) is 2.65. The van der Waals surface area contributed by atoms with Crippen molar-refractivity contribution in [1.82, 2.24) is 5.32 Å². The molecular formula is C10H17F2N. The summed E-state index contributed by atoms with van der Waals surface area (Å²) in [6.45, 7) is 0.988. The molecule has 2 aliphatic carbocycles. The number of halogens is 2. The van der Waals surface area contributed by atoms with Gasteiger partial charge in [0.15, 0.2) is 0 Å². The molecule has 0 atom stereocenters. The predicted molar refractivity (Wildman–Crippen MR) is 47.9 cm³/mol. The standard InChI is InChI=1S/C10H17F2N/c1-13-6-8-2-4-9(5-3-8)7-10(9,11)12/h8,13H,2-7H2,1H3. The molecule has 0 heterocycles.